The molecule has 1 aromatic heterocycles. The third-order valence-electron chi connectivity index (χ3n) is 6.08. The number of amides is 2. The highest BCUT2D eigenvalue weighted by atomic mass is 35.5. The number of nitrogens with zero attached hydrogens (tertiary/aromatic N) is 4. The molecule has 0 spiro atoms. The molecule has 0 atom stereocenters. The molecule has 1 aliphatic carbocycles. The number of hydrogen-bond acceptors (Lipinski definition) is 7. The minimum absolute atomic E-state index is 0.0134. The first-order valence-corrected chi connectivity index (χ1v) is 10.8. The molecule has 2 heterocycles. The van der Waals surface area contributed by atoms with Gasteiger partial charge in [-0.3, -0.25) is 14.6 Å². The van der Waals surface area contributed by atoms with Crippen molar-refractivity contribution in [2.24, 2.45) is 5.92 Å². The maximum Gasteiger partial charge on any atom is 0.330 e. The summed E-state index contributed by atoms with van der Waals surface area (Å²) in [5.41, 5.74) is 0.234. The number of aliphatic carboxylic acids is 1. The molecule has 0 saturated heterocycles. The number of hydrogen-bond donors (Lipinski definition) is 3. The molecule has 3 N–H and O–H groups in total. The van der Waals surface area contributed by atoms with E-state index in [4.69, 9.17) is 16.3 Å². The summed E-state index contributed by atoms with van der Waals surface area (Å²) in [6.45, 7) is -0.0810. The summed E-state index contributed by atoms with van der Waals surface area (Å²) in [5, 5.41) is 22.1. The smallest absolute Gasteiger partial charge is 0.330 e. The summed E-state index contributed by atoms with van der Waals surface area (Å²) >= 11 is 6.35. The van der Waals surface area contributed by atoms with Crippen LogP contribution in [0.3, 0.4) is 0 Å². The number of carbonyl (C=O) groups is 2. The second-order valence-corrected chi connectivity index (χ2v) is 8.33. The van der Waals surface area contributed by atoms with Gasteiger partial charge in [-0.25, -0.2) is 14.2 Å². The van der Waals surface area contributed by atoms with Crippen molar-refractivity contribution in [2.45, 2.75) is 38.3 Å². The normalized spacial score (nSPS) is 20.4. The summed E-state index contributed by atoms with van der Waals surface area (Å²) in [7, 11) is 2.96. The first kappa shape index (κ1) is 22.8. The maximum absolute atomic E-state index is 15.0. The van der Waals surface area contributed by atoms with Gasteiger partial charge in [0.05, 0.1) is 19.6 Å². The van der Waals surface area contributed by atoms with Crippen LogP contribution in [-0.2, 0) is 11.3 Å². The monoisotopic (exact) mass is 479 g/mol. The third kappa shape index (κ3) is 3.97. The summed E-state index contributed by atoms with van der Waals surface area (Å²) in [4.78, 5) is 36.3. The highest BCUT2D eigenvalue weighted by Gasteiger charge is 2.41. The van der Waals surface area contributed by atoms with Crippen LogP contribution in [0.2, 0.25) is 5.02 Å². The van der Waals surface area contributed by atoms with E-state index in [2.05, 4.69) is 15.3 Å². The van der Waals surface area contributed by atoms with Crippen molar-refractivity contribution in [3.63, 3.8) is 0 Å². The number of anilines is 3. The van der Waals surface area contributed by atoms with Gasteiger partial charge in [0.25, 0.3) is 0 Å². The Balaban J connectivity index is 1.80. The lowest BCUT2D eigenvalue weighted by Crippen LogP contribution is -2.53. The van der Waals surface area contributed by atoms with Crippen molar-refractivity contribution in [1.82, 2.24) is 9.97 Å². The topological polar surface area (TPSA) is 128 Å². The number of urea groups is 1. The van der Waals surface area contributed by atoms with Crippen LogP contribution in [0.5, 0.6) is 11.5 Å². The second kappa shape index (κ2) is 8.89. The van der Waals surface area contributed by atoms with Gasteiger partial charge in [-0.15, -0.1) is 0 Å². The van der Waals surface area contributed by atoms with Crippen LogP contribution in [0.1, 0.15) is 31.2 Å². The molecule has 0 bridgehead atoms. The van der Waals surface area contributed by atoms with Crippen molar-refractivity contribution >= 4 is 41.1 Å². The van der Waals surface area contributed by atoms with Crippen LogP contribution < -0.4 is 19.9 Å². The second-order valence-electron chi connectivity index (χ2n) is 7.95. The van der Waals surface area contributed by atoms with Crippen LogP contribution in [0.25, 0.3) is 0 Å². The molecule has 1 aliphatic heterocycles. The highest BCUT2D eigenvalue weighted by molar-refractivity contribution is 6.35. The predicted molar refractivity (Wildman–Crippen MR) is 119 cm³/mol. The number of nitrogens with one attached hydrogen (secondary N) is 1. The predicted octanol–water partition coefficient (Wildman–Crippen LogP) is 3.62. The van der Waals surface area contributed by atoms with Gasteiger partial charge in [0, 0.05) is 30.9 Å². The van der Waals surface area contributed by atoms with E-state index in [9.17, 15) is 19.8 Å². The molecule has 176 valence electrons. The fourth-order valence-corrected chi connectivity index (χ4v) is 4.67. The van der Waals surface area contributed by atoms with Gasteiger partial charge in [-0.05, 0) is 25.7 Å². The largest absolute Gasteiger partial charge is 0.505 e. The van der Waals surface area contributed by atoms with Crippen molar-refractivity contribution in [2.75, 3.05) is 29.3 Å². The number of carboxylic acids is 1. The Morgan fingerprint density at radius 2 is 2.03 bits per heavy atom. The number of aromatic hydroxyl groups is 1. The quantitative estimate of drug-likeness (QED) is 0.593. The number of phenols is 1. The first-order valence-electron chi connectivity index (χ1n) is 10.4. The van der Waals surface area contributed by atoms with Gasteiger partial charge < -0.3 is 20.3 Å². The number of benzene rings is 1. The van der Waals surface area contributed by atoms with Crippen LogP contribution in [0.4, 0.5) is 26.6 Å². The Morgan fingerprint density at radius 1 is 1.33 bits per heavy atom. The molecule has 12 heteroatoms. The van der Waals surface area contributed by atoms with E-state index in [0.29, 0.717) is 43.0 Å². The lowest BCUT2D eigenvalue weighted by atomic mass is 9.85. The molecule has 0 unspecified atom stereocenters. The van der Waals surface area contributed by atoms with Crippen LogP contribution in [0, 0.1) is 11.7 Å². The zero-order chi connectivity index (χ0) is 23.9. The van der Waals surface area contributed by atoms with Gasteiger partial charge in [-0.2, -0.15) is 4.98 Å². The van der Waals surface area contributed by atoms with Crippen LogP contribution in [-0.4, -0.2) is 52.4 Å². The molecule has 33 heavy (non-hydrogen) atoms. The zero-order valence-electron chi connectivity index (χ0n) is 18.0. The Morgan fingerprint density at radius 3 is 2.64 bits per heavy atom. The number of rotatable bonds is 5. The van der Waals surface area contributed by atoms with Gasteiger partial charge in [0.1, 0.15) is 22.3 Å². The third-order valence-corrected chi connectivity index (χ3v) is 6.45. The summed E-state index contributed by atoms with van der Waals surface area (Å²) in [6.07, 6.45) is 3.22. The number of carbonyl (C=O) groups excluding carboxylic acids is 1. The fraction of sp³-hybridized carbons (Fsp3) is 0.429. The van der Waals surface area contributed by atoms with Crippen LogP contribution >= 0.6 is 11.6 Å². The van der Waals surface area contributed by atoms with Gasteiger partial charge >= 0.3 is 12.0 Å². The highest BCUT2D eigenvalue weighted by Crippen LogP contribution is 2.45. The van der Waals surface area contributed by atoms with Crippen molar-refractivity contribution in [1.29, 1.82) is 0 Å². The standard InChI is InChI=1S/C21H23ClFN5O5/c1-24-20-25-8-11-9-27(17-15(22)14(33-2)7-13(29)16(17)23)21(32)28(18(11)26-20)12-5-3-10(4-6-12)19(30)31/h7-8,10,12,29H,3-6,9H2,1-2H3,(H,30,31)(H,24,25,26). The summed E-state index contributed by atoms with van der Waals surface area (Å²) in [5.74, 6) is -2.40. The Hall–Kier alpha value is -3.34. The van der Waals surface area contributed by atoms with E-state index in [-0.39, 0.29) is 29.0 Å². The van der Waals surface area contributed by atoms with E-state index < -0.39 is 29.5 Å². The molecule has 1 saturated carbocycles. The zero-order valence-corrected chi connectivity index (χ0v) is 18.8. The molecule has 2 amide bonds. The van der Waals surface area contributed by atoms with Gasteiger partial charge in [0.2, 0.25) is 5.95 Å². The molecule has 1 fully saturated rings. The molecular formula is C21H23ClFN5O5. The minimum Gasteiger partial charge on any atom is -0.505 e. The maximum atomic E-state index is 15.0. The number of halogens is 2. The van der Waals surface area contributed by atoms with E-state index in [1.165, 1.54) is 18.2 Å². The van der Waals surface area contributed by atoms with Crippen molar-refractivity contribution in [3.05, 3.63) is 28.7 Å². The lowest BCUT2D eigenvalue weighted by molar-refractivity contribution is -0.142. The van der Waals surface area contributed by atoms with E-state index >= 15 is 4.39 Å². The lowest BCUT2D eigenvalue weighted by Gasteiger charge is -2.42. The van der Waals surface area contributed by atoms with E-state index in [1.807, 2.05) is 0 Å². The van der Waals surface area contributed by atoms with Crippen LogP contribution in [0.15, 0.2) is 12.3 Å². The average molecular weight is 480 g/mol. The fourth-order valence-electron chi connectivity index (χ4n) is 4.35. The summed E-state index contributed by atoms with van der Waals surface area (Å²) in [6, 6.07) is 0.0994. The molecule has 2 aromatic rings. The molecular weight excluding hydrogens is 457 g/mol. The SMILES string of the molecule is CNc1ncc2c(n1)N(C1CCC(C(=O)O)CC1)C(=O)N(c1c(F)c(O)cc(OC)c1Cl)C2. The number of carboxylic acid groups (broad SMARTS) is 1. The number of ether oxygens (including phenoxy) is 1. The average Bonchev–Trinajstić information content (AvgIpc) is 2.81. The first-order chi connectivity index (χ1) is 15.8. The number of fused-ring (bicyclic) bond motifs is 1. The molecule has 4 rings (SSSR count). The minimum atomic E-state index is -1.06. The van der Waals surface area contributed by atoms with Crippen molar-refractivity contribution < 1.29 is 28.9 Å². The molecule has 10 nitrogen and oxygen atoms in total. The Bertz CT molecular complexity index is 1110. The van der Waals surface area contributed by atoms with E-state index in [0.717, 1.165) is 11.0 Å². The number of methoxy groups -OCH3 is 1. The Labute approximate surface area is 193 Å². The molecule has 2 aliphatic rings. The van der Waals surface area contributed by atoms with Gasteiger partial charge in [-0.1, -0.05) is 11.6 Å². The molecule has 0 radical (unpaired) electrons. The van der Waals surface area contributed by atoms with Gasteiger partial charge in [0.15, 0.2) is 11.6 Å². The number of phenolic OH excluding ortho intramolecular Hbond substituents is 1. The summed E-state index contributed by atoms with van der Waals surface area (Å²) < 4.78 is 20.2. The van der Waals surface area contributed by atoms with E-state index in [1.54, 1.807) is 7.05 Å². The Kier molecular flexibility index (Phi) is 6.15. The molecule has 1 aromatic carbocycles. The number of aromatic nitrogens is 2. The van der Waals surface area contributed by atoms with Crippen molar-refractivity contribution in [3.8, 4) is 11.5 Å².